The van der Waals surface area contributed by atoms with E-state index in [1.807, 2.05) is 6.07 Å². The molecule has 2 fully saturated rings. The van der Waals surface area contributed by atoms with E-state index in [2.05, 4.69) is 9.97 Å². The molecule has 130 valence electrons. The van der Waals surface area contributed by atoms with Crippen molar-refractivity contribution in [3.8, 4) is 0 Å². The molecule has 2 heterocycles. The number of H-pyrrole nitrogens is 1. The minimum Gasteiger partial charge on any atom is -0.312 e. The minimum absolute atomic E-state index is 0.167. The molecule has 1 aliphatic heterocycles. The summed E-state index contributed by atoms with van der Waals surface area (Å²) in [5.74, 6) is 0.323. The Morgan fingerprint density at radius 3 is 2.68 bits per heavy atom. The van der Waals surface area contributed by atoms with Gasteiger partial charge in [-0.2, -0.15) is 0 Å². The molecule has 2 aromatic rings. The van der Waals surface area contributed by atoms with Gasteiger partial charge in [0.2, 0.25) is 5.91 Å². The molecule has 1 saturated carbocycles. The van der Waals surface area contributed by atoms with E-state index in [1.165, 1.54) is 4.90 Å². The summed E-state index contributed by atoms with van der Waals surface area (Å²) in [4.78, 5) is 47.0. The van der Waals surface area contributed by atoms with Crippen molar-refractivity contribution in [1.82, 2.24) is 19.8 Å². The number of benzene rings is 1. The van der Waals surface area contributed by atoms with Crippen molar-refractivity contribution in [3.63, 3.8) is 0 Å². The highest BCUT2D eigenvalue weighted by Crippen LogP contribution is 2.27. The number of aromatic amines is 1. The number of carbonyl (C=O) groups excluding carboxylic acids is 2. The lowest BCUT2D eigenvalue weighted by Crippen LogP contribution is -2.39. The van der Waals surface area contributed by atoms with Gasteiger partial charge in [-0.1, -0.05) is 25.0 Å². The summed E-state index contributed by atoms with van der Waals surface area (Å²) in [5, 5.41) is 0.534. The number of nitrogens with one attached hydrogen (secondary N) is 1. The van der Waals surface area contributed by atoms with Crippen molar-refractivity contribution >= 4 is 22.8 Å². The van der Waals surface area contributed by atoms with Crippen molar-refractivity contribution in [1.29, 1.82) is 0 Å². The Morgan fingerprint density at radius 2 is 1.88 bits per heavy atom. The predicted octanol–water partition coefficient (Wildman–Crippen LogP) is 1.67. The number of para-hydroxylation sites is 1. The first kappa shape index (κ1) is 15.8. The van der Waals surface area contributed by atoms with Gasteiger partial charge in [0, 0.05) is 19.0 Å². The van der Waals surface area contributed by atoms with E-state index in [0.717, 1.165) is 25.7 Å². The second-order valence-corrected chi connectivity index (χ2v) is 6.67. The molecule has 0 bridgehead atoms. The second-order valence-electron chi connectivity index (χ2n) is 6.67. The largest absolute Gasteiger partial charge is 0.327 e. The topological polar surface area (TPSA) is 86.4 Å². The lowest BCUT2D eigenvalue weighted by atomic mass is 10.2. The van der Waals surface area contributed by atoms with Gasteiger partial charge < -0.3 is 9.88 Å². The molecule has 0 radical (unpaired) electrons. The maximum absolute atomic E-state index is 12.5. The summed E-state index contributed by atoms with van der Waals surface area (Å²) in [7, 11) is 0. The highest BCUT2D eigenvalue weighted by atomic mass is 16.2. The predicted molar refractivity (Wildman–Crippen MR) is 92.1 cm³/mol. The zero-order valence-corrected chi connectivity index (χ0v) is 13.9. The number of amides is 3. The van der Waals surface area contributed by atoms with Gasteiger partial charge in [0.05, 0.1) is 10.9 Å². The zero-order valence-electron chi connectivity index (χ0n) is 13.9. The molecule has 4 rings (SSSR count). The Kier molecular flexibility index (Phi) is 3.99. The van der Waals surface area contributed by atoms with Gasteiger partial charge in [-0.3, -0.25) is 14.5 Å². The standard InChI is InChI=1S/C18H20N4O3/c23-16-11-22(12-5-1-2-6-12)18(25)21(16)10-9-15-19-14-8-4-3-7-13(14)17(24)20-15/h3-4,7-8,12H,1-2,5-6,9-11H2,(H,19,20,24). The zero-order chi connectivity index (χ0) is 17.4. The molecule has 1 saturated heterocycles. The van der Waals surface area contributed by atoms with Crippen LogP contribution in [0, 0.1) is 0 Å². The number of nitrogens with zero attached hydrogens (tertiary/aromatic N) is 3. The molecule has 1 aliphatic carbocycles. The van der Waals surface area contributed by atoms with E-state index in [9.17, 15) is 14.4 Å². The van der Waals surface area contributed by atoms with Gasteiger partial charge in [0.25, 0.3) is 5.56 Å². The van der Waals surface area contributed by atoms with Gasteiger partial charge in [0.15, 0.2) is 0 Å². The van der Waals surface area contributed by atoms with Crippen LogP contribution in [-0.4, -0.2) is 50.8 Å². The van der Waals surface area contributed by atoms with E-state index in [1.54, 1.807) is 23.1 Å². The Labute approximate surface area is 144 Å². The Bertz CT molecular complexity index is 885. The molecule has 0 spiro atoms. The number of fused-ring (bicyclic) bond motifs is 1. The summed E-state index contributed by atoms with van der Waals surface area (Å²) in [6.07, 6.45) is 4.53. The summed E-state index contributed by atoms with van der Waals surface area (Å²) in [5.41, 5.74) is 0.417. The molecule has 7 heteroatoms. The van der Waals surface area contributed by atoms with Gasteiger partial charge in [0.1, 0.15) is 12.4 Å². The number of imide groups is 1. The smallest absolute Gasteiger partial charge is 0.312 e. The van der Waals surface area contributed by atoms with Gasteiger partial charge in [-0.05, 0) is 25.0 Å². The molecule has 0 atom stereocenters. The summed E-state index contributed by atoms with van der Waals surface area (Å²) in [6.45, 7) is 0.410. The van der Waals surface area contributed by atoms with E-state index in [0.29, 0.717) is 23.1 Å². The van der Waals surface area contributed by atoms with E-state index < -0.39 is 0 Å². The van der Waals surface area contributed by atoms with Crippen LogP contribution in [0.2, 0.25) is 0 Å². The molecular formula is C18H20N4O3. The Hall–Kier alpha value is -2.70. The van der Waals surface area contributed by atoms with Crippen LogP contribution in [0.1, 0.15) is 31.5 Å². The third-order valence-corrected chi connectivity index (χ3v) is 5.08. The average Bonchev–Trinajstić information content (AvgIpc) is 3.22. The van der Waals surface area contributed by atoms with Crippen LogP contribution in [-0.2, 0) is 11.2 Å². The molecule has 0 unspecified atom stereocenters. The number of rotatable bonds is 4. The van der Waals surface area contributed by atoms with Crippen LogP contribution >= 0.6 is 0 Å². The fraction of sp³-hybridized carbons (Fsp3) is 0.444. The van der Waals surface area contributed by atoms with Crippen LogP contribution in [0.4, 0.5) is 4.79 Å². The fourth-order valence-corrected chi connectivity index (χ4v) is 3.75. The minimum atomic E-state index is -0.208. The first-order valence-corrected chi connectivity index (χ1v) is 8.72. The SMILES string of the molecule is O=C1CN(C2CCCC2)C(=O)N1CCc1nc2ccccc2c(=O)[nH]1. The molecule has 25 heavy (non-hydrogen) atoms. The van der Waals surface area contributed by atoms with Crippen molar-refractivity contribution in [3.05, 3.63) is 40.4 Å². The second kappa shape index (κ2) is 6.31. The first-order chi connectivity index (χ1) is 12.1. The monoisotopic (exact) mass is 340 g/mol. The maximum Gasteiger partial charge on any atom is 0.327 e. The fourth-order valence-electron chi connectivity index (χ4n) is 3.75. The molecule has 3 amide bonds. The van der Waals surface area contributed by atoms with Gasteiger partial charge in [-0.25, -0.2) is 9.78 Å². The quantitative estimate of drug-likeness (QED) is 0.858. The van der Waals surface area contributed by atoms with E-state index in [4.69, 9.17) is 0 Å². The molecule has 2 aliphatic rings. The molecule has 1 aromatic heterocycles. The average molecular weight is 340 g/mol. The van der Waals surface area contributed by atoms with Crippen molar-refractivity contribution in [2.24, 2.45) is 0 Å². The van der Waals surface area contributed by atoms with Crippen molar-refractivity contribution < 1.29 is 9.59 Å². The Balaban J connectivity index is 1.48. The van der Waals surface area contributed by atoms with Crippen molar-refractivity contribution in [2.45, 2.75) is 38.1 Å². The normalized spacial score (nSPS) is 18.7. The van der Waals surface area contributed by atoms with Crippen LogP contribution in [0.25, 0.3) is 10.9 Å². The highest BCUT2D eigenvalue weighted by Gasteiger charge is 2.40. The van der Waals surface area contributed by atoms with Crippen LogP contribution in [0.15, 0.2) is 29.1 Å². The first-order valence-electron chi connectivity index (χ1n) is 8.72. The maximum atomic E-state index is 12.5. The van der Waals surface area contributed by atoms with Crippen molar-refractivity contribution in [2.75, 3.05) is 13.1 Å². The van der Waals surface area contributed by atoms with Gasteiger partial charge >= 0.3 is 6.03 Å². The number of hydrogen-bond acceptors (Lipinski definition) is 4. The van der Waals surface area contributed by atoms with Crippen LogP contribution < -0.4 is 5.56 Å². The highest BCUT2D eigenvalue weighted by molar-refractivity contribution is 6.02. The van der Waals surface area contributed by atoms with E-state index in [-0.39, 0.29) is 36.6 Å². The van der Waals surface area contributed by atoms with Crippen LogP contribution in [0.5, 0.6) is 0 Å². The Morgan fingerprint density at radius 1 is 1.12 bits per heavy atom. The molecule has 1 aromatic carbocycles. The van der Waals surface area contributed by atoms with Crippen LogP contribution in [0.3, 0.4) is 0 Å². The summed E-state index contributed by atoms with van der Waals surface area (Å²) in [6, 6.07) is 7.10. The van der Waals surface area contributed by atoms with E-state index >= 15 is 0 Å². The lowest BCUT2D eigenvalue weighted by Gasteiger charge is -2.22. The third-order valence-electron chi connectivity index (χ3n) is 5.08. The number of aromatic nitrogens is 2. The third kappa shape index (κ3) is 2.90. The summed E-state index contributed by atoms with van der Waals surface area (Å²) < 4.78 is 0. The van der Waals surface area contributed by atoms with Gasteiger partial charge in [-0.15, -0.1) is 0 Å². The summed E-state index contributed by atoms with van der Waals surface area (Å²) >= 11 is 0. The molecule has 1 N–H and O–H groups in total. The lowest BCUT2D eigenvalue weighted by molar-refractivity contribution is -0.125. The molecule has 7 nitrogen and oxygen atoms in total. The molecular weight excluding hydrogens is 320 g/mol. The number of urea groups is 1. The number of hydrogen-bond donors (Lipinski definition) is 1. The number of carbonyl (C=O) groups is 2.